The Hall–Kier alpha value is -3.10. The van der Waals surface area contributed by atoms with Gasteiger partial charge in [-0.1, -0.05) is 0 Å². The van der Waals surface area contributed by atoms with E-state index in [-0.39, 0.29) is 11.9 Å². The molecule has 1 aliphatic heterocycles. The van der Waals surface area contributed by atoms with Crippen molar-refractivity contribution >= 4 is 22.7 Å². The Morgan fingerprint density at radius 2 is 1.89 bits per heavy atom. The molecule has 1 atom stereocenters. The molecule has 0 aliphatic carbocycles. The molecule has 1 aromatic heterocycles. The molecule has 9 heteroatoms. The van der Waals surface area contributed by atoms with Crippen molar-refractivity contribution in [3.63, 3.8) is 0 Å². The van der Waals surface area contributed by atoms with Gasteiger partial charge in [0.05, 0.1) is 17.6 Å². The quantitative estimate of drug-likeness (QED) is 0.683. The fraction of sp³-hybridized carbons (Fsp3) is 0.316. The monoisotopic (exact) mass is 392 g/mol. The normalized spacial score (nSPS) is 17.1. The van der Waals surface area contributed by atoms with Crippen LogP contribution in [0.15, 0.2) is 42.5 Å². The van der Waals surface area contributed by atoms with Crippen LogP contribution < -0.4 is 19.7 Å². The highest BCUT2D eigenvalue weighted by Crippen LogP contribution is 2.28. The third kappa shape index (κ3) is 4.08. The molecular weight excluding hydrogens is 373 g/mol. The van der Waals surface area contributed by atoms with Gasteiger partial charge in [0.15, 0.2) is 0 Å². The van der Waals surface area contributed by atoms with Gasteiger partial charge >= 0.3 is 6.36 Å². The van der Waals surface area contributed by atoms with Gasteiger partial charge in [-0.05, 0) is 42.5 Å². The zero-order valence-electron chi connectivity index (χ0n) is 15.1. The van der Waals surface area contributed by atoms with E-state index < -0.39 is 6.36 Å². The third-order valence-electron chi connectivity index (χ3n) is 4.57. The van der Waals surface area contributed by atoms with Crippen molar-refractivity contribution in [3.05, 3.63) is 42.5 Å². The van der Waals surface area contributed by atoms with E-state index in [4.69, 9.17) is 4.74 Å². The SMILES string of the molecule is CNc1nc2ccc(N3CCC(Oc4ccc(OC(F)(F)F)cc4)C3)cc2[nH]1. The fourth-order valence-electron chi connectivity index (χ4n) is 3.28. The zero-order valence-corrected chi connectivity index (χ0v) is 15.1. The number of nitrogens with zero attached hydrogens (tertiary/aromatic N) is 2. The van der Waals surface area contributed by atoms with Crippen LogP contribution in [0.3, 0.4) is 0 Å². The second-order valence-electron chi connectivity index (χ2n) is 6.53. The highest BCUT2D eigenvalue weighted by molar-refractivity contribution is 5.81. The number of fused-ring (bicyclic) bond motifs is 1. The minimum atomic E-state index is -4.70. The Bertz CT molecular complexity index is 956. The Morgan fingerprint density at radius 3 is 2.61 bits per heavy atom. The van der Waals surface area contributed by atoms with Crippen molar-refractivity contribution in [1.29, 1.82) is 0 Å². The summed E-state index contributed by atoms with van der Waals surface area (Å²) in [6.45, 7) is 1.53. The summed E-state index contributed by atoms with van der Waals surface area (Å²) in [4.78, 5) is 9.83. The number of hydrogen-bond acceptors (Lipinski definition) is 5. The molecule has 0 radical (unpaired) electrons. The van der Waals surface area contributed by atoms with Crippen molar-refractivity contribution in [3.8, 4) is 11.5 Å². The maximum atomic E-state index is 12.2. The number of ether oxygens (including phenoxy) is 2. The summed E-state index contributed by atoms with van der Waals surface area (Å²) in [5, 5.41) is 2.98. The Balaban J connectivity index is 1.39. The number of halogens is 3. The van der Waals surface area contributed by atoms with Crippen molar-refractivity contribution < 1.29 is 22.6 Å². The number of imidazole rings is 1. The molecule has 4 rings (SSSR count). The molecule has 0 saturated carbocycles. The van der Waals surface area contributed by atoms with Gasteiger partial charge in [-0.25, -0.2) is 4.98 Å². The van der Waals surface area contributed by atoms with Crippen molar-refractivity contribution in [2.24, 2.45) is 0 Å². The Kier molecular flexibility index (Phi) is 4.66. The number of aromatic nitrogens is 2. The van der Waals surface area contributed by atoms with Gasteiger partial charge in [-0.2, -0.15) is 0 Å². The lowest BCUT2D eigenvalue weighted by atomic mass is 10.2. The topological polar surface area (TPSA) is 62.4 Å². The summed E-state index contributed by atoms with van der Waals surface area (Å²) in [6, 6.07) is 11.5. The smallest absolute Gasteiger partial charge is 0.489 e. The standard InChI is InChI=1S/C19H19F3N4O2/c1-23-18-24-16-7-2-12(10-17(16)25-18)26-9-8-15(11-26)27-13-3-5-14(6-4-13)28-19(20,21)22/h2-7,10,15H,8-9,11H2,1H3,(H2,23,24,25). The van der Waals surface area contributed by atoms with Crippen LogP contribution in [-0.4, -0.2) is 42.6 Å². The molecule has 0 bridgehead atoms. The van der Waals surface area contributed by atoms with Gasteiger partial charge < -0.3 is 24.7 Å². The first-order chi connectivity index (χ1) is 13.4. The summed E-state index contributed by atoms with van der Waals surface area (Å²) < 4.78 is 46.5. The molecule has 2 aromatic carbocycles. The summed E-state index contributed by atoms with van der Waals surface area (Å²) >= 11 is 0. The highest BCUT2D eigenvalue weighted by atomic mass is 19.4. The van der Waals surface area contributed by atoms with E-state index in [2.05, 4.69) is 31.0 Å². The molecule has 0 spiro atoms. The molecule has 1 fully saturated rings. The summed E-state index contributed by atoms with van der Waals surface area (Å²) in [5.74, 6) is 0.971. The first-order valence-electron chi connectivity index (χ1n) is 8.84. The van der Waals surface area contributed by atoms with Gasteiger partial charge in [-0.3, -0.25) is 0 Å². The minimum absolute atomic E-state index is 0.0419. The number of H-pyrrole nitrogens is 1. The van der Waals surface area contributed by atoms with Crippen molar-refractivity contribution in [2.75, 3.05) is 30.4 Å². The predicted octanol–water partition coefficient (Wildman–Crippen LogP) is 4.16. The van der Waals surface area contributed by atoms with Crippen LogP contribution in [0.5, 0.6) is 11.5 Å². The number of rotatable bonds is 5. The van der Waals surface area contributed by atoms with Crippen LogP contribution in [0.4, 0.5) is 24.8 Å². The number of nitrogens with one attached hydrogen (secondary N) is 2. The van der Waals surface area contributed by atoms with Crippen LogP contribution in [0.25, 0.3) is 11.0 Å². The van der Waals surface area contributed by atoms with Crippen molar-refractivity contribution in [1.82, 2.24) is 9.97 Å². The van der Waals surface area contributed by atoms with E-state index in [1.165, 1.54) is 24.3 Å². The maximum Gasteiger partial charge on any atom is 0.573 e. The number of aromatic amines is 1. The van der Waals surface area contributed by atoms with E-state index in [0.29, 0.717) is 18.2 Å². The van der Waals surface area contributed by atoms with E-state index >= 15 is 0 Å². The summed E-state index contributed by atoms with van der Waals surface area (Å²) in [6.07, 6.45) is -3.92. The lowest BCUT2D eigenvalue weighted by Crippen LogP contribution is -2.24. The number of hydrogen-bond donors (Lipinski definition) is 2. The van der Waals surface area contributed by atoms with E-state index in [1.54, 1.807) is 0 Å². The molecule has 2 N–H and O–H groups in total. The third-order valence-corrected chi connectivity index (χ3v) is 4.57. The van der Waals surface area contributed by atoms with Crippen LogP contribution in [0.2, 0.25) is 0 Å². The molecule has 1 saturated heterocycles. The molecule has 2 heterocycles. The van der Waals surface area contributed by atoms with Gasteiger partial charge in [-0.15, -0.1) is 13.2 Å². The van der Waals surface area contributed by atoms with Crippen LogP contribution >= 0.6 is 0 Å². The van der Waals surface area contributed by atoms with Gasteiger partial charge in [0.25, 0.3) is 0 Å². The zero-order chi connectivity index (χ0) is 19.7. The maximum absolute atomic E-state index is 12.2. The molecule has 1 unspecified atom stereocenters. The number of benzene rings is 2. The molecule has 6 nitrogen and oxygen atoms in total. The molecule has 0 amide bonds. The van der Waals surface area contributed by atoms with Crippen LogP contribution in [0.1, 0.15) is 6.42 Å². The van der Waals surface area contributed by atoms with Gasteiger partial charge in [0.1, 0.15) is 17.6 Å². The second-order valence-corrected chi connectivity index (χ2v) is 6.53. The molecular formula is C19H19F3N4O2. The molecule has 1 aliphatic rings. The molecule has 3 aromatic rings. The first-order valence-corrected chi connectivity index (χ1v) is 8.84. The van der Waals surface area contributed by atoms with Gasteiger partial charge in [0, 0.05) is 25.7 Å². The highest BCUT2D eigenvalue weighted by Gasteiger charge is 2.31. The number of alkyl halides is 3. The minimum Gasteiger partial charge on any atom is -0.489 e. The fourth-order valence-corrected chi connectivity index (χ4v) is 3.28. The van der Waals surface area contributed by atoms with E-state index in [0.717, 1.165) is 29.7 Å². The van der Waals surface area contributed by atoms with Crippen molar-refractivity contribution in [2.45, 2.75) is 18.9 Å². The Morgan fingerprint density at radius 1 is 1.14 bits per heavy atom. The van der Waals surface area contributed by atoms with E-state index in [9.17, 15) is 13.2 Å². The molecule has 28 heavy (non-hydrogen) atoms. The van der Waals surface area contributed by atoms with Crippen LogP contribution in [0, 0.1) is 0 Å². The lowest BCUT2D eigenvalue weighted by molar-refractivity contribution is -0.274. The van der Waals surface area contributed by atoms with Gasteiger partial charge in [0.2, 0.25) is 5.95 Å². The Labute approximate surface area is 159 Å². The first kappa shape index (κ1) is 18.3. The summed E-state index contributed by atoms with van der Waals surface area (Å²) in [7, 11) is 1.81. The largest absolute Gasteiger partial charge is 0.573 e. The average molecular weight is 392 g/mol. The lowest BCUT2D eigenvalue weighted by Gasteiger charge is -2.19. The average Bonchev–Trinajstić information content (AvgIpc) is 3.28. The van der Waals surface area contributed by atoms with E-state index in [1.807, 2.05) is 19.2 Å². The summed E-state index contributed by atoms with van der Waals surface area (Å²) in [5.41, 5.74) is 2.91. The van der Waals surface area contributed by atoms with Crippen LogP contribution in [-0.2, 0) is 0 Å². The second kappa shape index (κ2) is 7.14. The molecule has 148 valence electrons. The predicted molar refractivity (Wildman–Crippen MR) is 100 cm³/mol. The number of anilines is 2.